The van der Waals surface area contributed by atoms with Crippen LogP contribution in [0, 0.1) is 0 Å². The first kappa shape index (κ1) is 14.1. The van der Waals surface area contributed by atoms with Gasteiger partial charge in [0.1, 0.15) is 12.2 Å². The molecule has 0 amide bonds. The maximum atomic E-state index is 12.2. The van der Waals surface area contributed by atoms with E-state index in [0.29, 0.717) is 11.3 Å². The highest BCUT2D eigenvalue weighted by molar-refractivity contribution is 6.17. The maximum absolute atomic E-state index is 12.2. The number of carbonyl (C=O) groups is 2. The van der Waals surface area contributed by atoms with Gasteiger partial charge in [-0.1, -0.05) is 30.3 Å². The molecule has 1 aliphatic rings. The Morgan fingerprint density at radius 3 is 2.45 bits per heavy atom. The minimum Gasteiger partial charge on any atom is -0.458 e. The molecule has 0 saturated carbocycles. The normalized spacial score (nSPS) is 17.2. The van der Waals surface area contributed by atoms with Gasteiger partial charge in [0, 0.05) is 20.8 Å². The molecule has 0 aromatic heterocycles. The highest BCUT2D eigenvalue weighted by Gasteiger charge is 2.36. The Morgan fingerprint density at radius 1 is 1.20 bits per heavy atom. The number of rotatable bonds is 3. The molecule has 1 aliphatic heterocycles. The van der Waals surface area contributed by atoms with E-state index in [9.17, 15) is 9.59 Å². The average Bonchev–Trinajstić information content (AvgIpc) is 2.35. The van der Waals surface area contributed by atoms with Gasteiger partial charge in [0.25, 0.3) is 0 Å². The zero-order chi connectivity index (χ0) is 14.8. The molecule has 5 heteroatoms. The number of cyclic esters (lactones) is 1. The summed E-state index contributed by atoms with van der Waals surface area (Å²) in [7, 11) is 0. The molecule has 0 fully saturated rings. The minimum atomic E-state index is -1.08. The van der Waals surface area contributed by atoms with Crippen molar-refractivity contribution < 1.29 is 23.8 Å². The van der Waals surface area contributed by atoms with Gasteiger partial charge < -0.3 is 14.2 Å². The molecule has 0 N–H and O–H groups in total. The van der Waals surface area contributed by atoms with Crippen molar-refractivity contribution in [2.45, 2.75) is 26.6 Å². The highest BCUT2D eigenvalue weighted by Crippen LogP contribution is 2.32. The van der Waals surface area contributed by atoms with E-state index < -0.39 is 17.7 Å². The smallest absolute Gasteiger partial charge is 0.345 e. The van der Waals surface area contributed by atoms with Crippen LogP contribution in [0.5, 0.6) is 0 Å². The van der Waals surface area contributed by atoms with E-state index in [0.717, 1.165) is 0 Å². The molecule has 1 heterocycles. The van der Waals surface area contributed by atoms with Crippen LogP contribution in [0.3, 0.4) is 0 Å². The van der Waals surface area contributed by atoms with E-state index in [1.807, 2.05) is 6.07 Å². The first-order valence-corrected chi connectivity index (χ1v) is 6.23. The number of esters is 2. The summed E-state index contributed by atoms with van der Waals surface area (Å²) in [5.74, 6) is -1.71. The van der Waals surface area contributed by atoms with Gasteiger partial charge in [0.05, 0.1) is 0 Å². The standard InChI is InChI=1S/C15H16O5/c1-10(16)18-9-12-13(11-7-5-4-6-8-11)14(17)20-15(2,3)19-12/h4-8H,9H2,1-3H3. The fourth-order valence-electron chi connectivity index (χ4n) is 1.91. The number of hydrogen-bond donors (Lipinski definition) is 0. The lowest BCUT2D eigenvalue weighted by Gasteiger charge is -2.33. The first-order chi connectivity index (χ1) is 9.39. The predicted molar refractivity (Wildman–Crippen MR) is 71.3 cm³/mol. The van der Waals surface area contributed by atoms with Crippen LogP contribution in [0.25, 0.3) is 5.57 Å². The number of carbonyl (C=O) groups excluding carboxylic acids is 2. The Labute approximate surface area is 117 Å². The first-order valence-electron chi connectivity index (χ1n) is 6.23. The summed E-state index contributed by atoms with van der Waals surface area (Å²) in [5.41, 5.74) is 0.946. The molecule has 0 bridgehead atoms. The molecule has 0 radical (unpaired) electrons. The lowest BCUT2D eigenvalue weighted by Crippen LogP contribution is -2.37. The van der Waals surface area contributed by atoms with E-state index in [4.69, 9.17) is 14.2 Å². The number of benzene rings is 1. The summed E-state index contributed by atoms with van der Waals surface area (Å²) in [6, 6.07) is 8.99. The molecule has 106 valence electrons. The Bertz CT molecular complexity index is 557. The lowest BCUT2D eigenvalue weighted by molar-refractivity contribution is -0.206. The van der Waals surface area contributed by atoms with Gasteiger partial charge in [-0.2, -0.15) is 0 Å². The second kappa shape index (κ2) is 5.36. The van der Waals surface area contributed by atoms with Crippen molar-refractivity contribution in [3.63, 3.8) is 0 Å². The van der Waals surface area contributed by atoms with E-state index in [1.165, 1.54) is 6.92 Å². The van der Waals surface area contributed by atoms with Crippen LogP contribution in [0.1, 0.15) is 26.3 Å². The predicted octanol–water partition coefficient (Wildman–Crippen LogP) is 2.27. The van der Waals surface area contributed by atoms with Crippen LogP contribution >= 0.6 is 0 Å². The molecule has 0 saturated heterocycles. The van der Waals surface area contributed by atoms with Crippen LogP contribution in [0.2, 0.25) is 0 Å². The summed E-state index contributed by atoms with van der Waals surface area (Å²) >= 11 is 0. The summed E-state index contributed by atoms with van der Waals surface area (Å²) < 4.78 is 15.8. The van der Waals surface area contributed by atoms with Crippen molar-refractivity contribution in [2.75, 3.05) is 6.61 Å². The molecule has 0 atom stereocenters. The van der Waals surface area contributed by atoms with Crippen molar-refractivity contribution in [2.24, 2.45) is 0 Å². The zero-order valence-electron chi connectivity index (χ0n) is 11.6. The largest absolute Gasteiger partial charge is 0.458 e. The summed E-state index contributed by atoms with van der Waals surface area (Å²) in [6.07, 6.45) is 0. The maximum Gasteiger partial charge on any atom is 0.345 e. The highest BCUT2D eigenvalue weighted by atomic mass is 16.7. The van der Waals surface area contributed by atoms with Gasteiger partial charge in [-0.3, -0.25) is 4.79 Å². The third-order valence-electron chi connectivity index (χ3n) is 2.66. The summed E-state index contributed by atoms with van der Waals surface area (Å²) in [6.45, 7) is 4.45. The van der Waals surface area contributed by atoms with Gasteiger partial charge in [-0.15, -0.1) is 0 Å². The van der Waals surface area contributed by atoms with E-state index >= 15 is 0 Å². The Kier molecular flexibility index (Phi) is 3.79. The van der Waals surface area contributed by atoms with E-state index in [-0.39, 0.29) is 12.2 Å². The van der Waals surface area contributed by atoms with Gasteiger partial charge in [-0.25, -0.2) is 4.79 Å². The molecule has 1 aromatic rings. The van der Waals surface area contributed by atoms with Gasteiger partial charge in [-0.05, 0) is 5.56 Å². The summed E-state index contributed by atoms with van der Waals surface area (Å²) in [5, 5.41) is 0. The molecule has 2 rings (SSSR count). The molecular weight excluding hydrogens is 260 g/mol. The Balaban J connectivity index is 2.42. The van der Waals surface area contributed by atoms with Gasteiger partial charge in [0.2, 0.25) is 5.79 Å². The van der Waals surface area contributed by atoms with E-state index in [1.54, 1.807) is 38.1 Å². The van der Waals surface area contributed by atoms with Crippen LogP contribution in [-0.2, 0) is 23.8 Å². The molecule has 1 aromatic carbocycles. The molecular formula is C15H16O5. The SMILES string of the molecule is CC(=O)OCC1=C(c2ccccc2)C(=O)OC(C)(C)O1. The van der Waals surface area contributed by atoms with Crippen molar-refractivity contribution in [3.8, 4) is 0 Å². The van der Waals surface area contributed by atoms with Crippen molar-refractivity contribution in [1.82, 2.24) is 0 Å². The Morgan fingerprint density at radius 2 is 1.85 bits per heavy atom. The molecule has 0 unspecified atom stereocenters. The Hall–Kier alpha value is -2.30. The lowest BCUT2D eigenvalue weighted by atomic mass is 10.0. The van der Waals surface area contributed by atoms with Crippen LogP contribution < -0.4 is 0 Å². The fraction of sp³-hybridized carbons (Fsp3) is 0.333. The fourth-order valence-corrected chi connectivity index (χ4v) is 1.91. The number of ether oxygens (including phenoxy) is 3. The van der Waals surface area contributed by atoms with E-state index in [2.05, 4.69) is 0 Å². The second-order valence-electron chi connectivity index (χ2n) is 4.84. The van der Waals surface area contributed by atoms with Crippen molar-refractivity contribution >= 4 is 17.5 Å². The number of hydrogen-bond acceptors (Lipinski definition) is 5. The topological polar surface area (TPSA) is 61.8 Å². The van der Waals surface area contributed by atoms with Crippen LogP contribution in [-0.4, -0.2) is 24.3 Å². The van der Waals surface area contributed by atoms with Crippen LogP contribution in [0.4, 0.5) is 0 Å². The summed E-state index contributed by atoms with van der Waals surface area (Å²) in [4.78, 5) is 23.1. The van der Waals surface area contributed by atoms with Crippen LogP contribution in [0.15, 0.2) is 36.1 Å². The second-order valence-corrected chi connectivity index (χ2v) is 4.84. The molecule has 5 nitrogen and oxygen atoms in total. The van der Waals surface area contributed by atoms with Crippen molar-refractivity contribution in [1.29, 1.82) is 0 Å². The third kappa shape index (κ3) is 3.17. The quantitative estimate of drug-likeness (QED) is 0.792. The average molecular weight is 276 g/mol. The zero-order valence-corrected chi connectivity index (χ0v) is 11.6. The molecule has 20 heavy (non-hydrogen) atoms. The van der Waals surface area contributed by atoms with Gasteiger partial charge >= 0.3 is 11.9 Å². The molecule has 0 aliphatic carbocycles. The molecule has 0 spiro atoms. The third-order valence-corrected chi connectivity index (χ3v) is 2.66. The minimum absolute atomic E-state index is 0.0991. The monoisotopic (exact) mass is 276 g/mol. The van der Waals surface area contributed by atoms with Crippen molar-refractivity contribution in [3.05, 3.63) is 41.7 Å². The van der Waals surface area contributed by atoms with Gasteiger partial charge in [0.15, 0.2) is 5.76 Å².